The molecule has 0 aliphatic rings. The Morgan fingerprint density at radius 2 is 2.19 bits per heavy atom. The van der Waals surface area contributed by atoms with E-state index >= 15 is 0 Å². The molecule has 0 unspecified atom stereocenters. The molecule has 0 aliphatic heterocycles. The highest BCUT2D eigenvalue weighted by Crippen LogP contribution is 2.11. The van der Waals surface area contributed by atoms with Crippen LogP contribution in [0.3, 0.4) is 0 Å². The van der Waals surface area contributed by atoms with Crippen molar-refractivity contribution in [2.75, 3.05) is 11.9 Å². The molecular weight excluding hydrogens is 302 g/mol. The Labute approximate surface area is 100 Å². The van der Waals surface area contributed by atoms with Gasteiger partial charge in [0.2, 0.25) is 10.0 Å². The van der Waals surface area contributed by atoms with Crippen LogP contribution in [0.2, 0.25) is 0 Å². The average molecular weight is 310 g/mol. The normalized spacial score (nSPS) is 11.3. The van der Waals surface area contributed by atoms with Gasteiger partial charge in [0.15, 0.2) is 6.20 Å². The number of nitrogens with one attached hydrogen (secondary N) is 1. The lowest BCUT2D eigenvalue weighted by Gasteiger charge is -2.02. The molecule has 88 valence electrons. The van der Waals surface area contributed by atoms with Gasteiger partial charge in [0, 0.05) is 17.9 Å². The molecule has 16 heavy (non-hydrogen) atoms. The van der Waals surface area contributed by atoms with E-state index in [0.29, 0.717) is 5.33 Å². The molecule has 0 aliphatic carbocycles. The first-order chi connectivity index (χ1) is 7.47. The maximum absolute atomic E-state index is 11.5. The van der Waals surface area contributed by atoms with Gasteiger partial charge in [-0.1, -0.05) is 15.9 Å². The monoisotopic (exact) mass is 309 g/mol. The van der Waals surface area contributed by atoms with Crippen LogP contribution in [0.4, 0.5) is 5.82 Å². The van der Waals surface area contributed by atoms with Crippen molar-refractivity contribution in [1.29, 1.82) is 0 Å². The van der Waals surface area contributed by atoms with Crippen molar-refractivity contribution in [3.63, 3.8) is 0 Å². The van der Waals surface area contributed by atoms with Gasteiger partial charge in [0.25, 0.3) is 0 Å². The fourth-order valence-corrected chi connectivity index (χ4v) is 2.33. The summed E-state index contributed by atoms with van der Waals surface area (Å²) in [4.78, 5) is 12.9. The molecule has 7 nitrogen and oxygen atoms in total. The van der Waals surface area contributed by atoms with Crippen molar-refractivity contribution in [3.05, 3.63) is 28.4 Å². The lowest BCUT2D eigenvalue weighted by atomic mass is 10.5. The highest BCUT2D eigenvalue weighted by molar-refractivity contribution is 9.09. The van der Waals surface area contributed by atoms with Crippen LogP contribution in [0.1, 0.15) is 0 Å². The fourth-order valence-electron chi connectivity index (χ4n) is 0.896. The largest absolute Gasteiger partial charge is 0.363 e. The zero-order chi connectivity index (χ0) is 12.2. The predicted octanol–water partition coefficient (Wildman–Crippen LogP) is 0.663. The fraction of sp³-hybridized carbons (Fsp3) is 0.286. The third-order valence-electron chi connectivity index (χ3n) is 1.60. The Hall–Kier alpha value is -1.06. The summed E-state index contributed by atoms with van der Waals surface area (Å²) in [5.41, 5.74) is 0. The van der Waals surface area contributed by atoms with Gasteiger partial charge >= 0.3 is 5.82 Å². The molecule has 0 atom stereocenters. The molecule has 0 saturated heterocycles. The minimum atomic E-state index is -3.63. The van der Waals surface area contributed by atoms with Crippen LogP contribution in [0.5, 0.6) is 0 Å². The number of nitrogens with zero attached hydrogens (tertiary/aromatic N) is 2. The molecule has 0 saturated carbocycles. The maximum atomic E-state index is 11.5. The van der Waals surface area contributed by atoms with Crippen molar-refractivity contribution < 1.29 is 13.3 Å². The van der Waals surface area contributed by atoms with Gasteiger partial charge in [0.05, 0.1) is 0 Å². The number of hydrogen-bond acceptors (Lipinski definition) is 5. The Kier molecular flexibility index (Phi) is 4.33. The van der Waals surface area contributed by atoms with Crippen molar-refractivity contribution >= 4 is 31.8 Å². The van der Waals surface area contributed by atoms with E-state index in [2.05, 4.69) is 25.6 Å². The number of nitro groups is 1. The summed E-state index contributed by atoms with van der Waals surface area (Å²) in [5.74, 6) is -0.389. The summed E-state index contributed by atoms with van der Waals surface area (Å²) in [6.07, 6.45) is 0.953. The SMILES string of the molecule is O=[N+]([O-])c1ccc(S(=O)(=O)NCCBr)cn1. The molecular formula is C7H8BrN3O4S. The van der Waals surface area contributed by atoms with E-state index in [9.17, 15) is 18.5 Å². The first-order valence-electron chi connectivity index (χ1n) is 4.13. The van der Waals surface area contributed by atoms with Crippen LogP contribution in [-0.4, -0.2) is 30.2 Å². The molecule has 0 amide bonds. The molecule has 0 spiro atoms. The maximum Gasteiger partial charge on any atom is 0.363 e. The molecule has 1 heterocycles. The van der Waals surface area contributed by atoms with Gasteiger partial charge in [-0.15, -0.1) is 0 Å². The van der Waals surface area contributed by atoms with Gasteiger partial charge < -0.3 is 10.1 Å². The predicted molar refractivity (Wildman–Crippen MR) is 59.9 cm³/mol. The lowest BCUT2D eigenvalue weighted by Crippen LogP contribution is -2.25. The first kappa shape index (κ1) is 13.0. The van der Waals surface area contributed by atoms with Crippen LogP contribution < -0.4 is 4.72 Å². The Morgan fingerprint density at radius 3 is 2.62 bits per heavy atom. The molecule has 9 heteroatoms. The lowest BCUT2D eigenvalue weighted by molar-refractivity contribution is -0.389. The van der Waals surface area contributed by atoms with Crippen LogP contribution in [0.15, 0.2) is 23.2 Å². The number of rotatable bonds is 5. The molecule has 1 N–H and O–H groups in total. The second-order valence-corrected chi connectivity index (χ2v) is 5.26. The highest BCUT2D eigenvalue weighted by atomic mass is 79.9. The zero-order valence-electron chi connectivity index (χ0n) is 7.96. The smallest absolute Gasteiger partial charge is 0.358 e. The number of hydrogen-bond donors (Lipinski definition) is 1. The minimum Gasteiger partial charge on any atom is -0.358 e. The molecule has 0 radical (unpaired) electrons. The summed E-state index contributed by atoms with van der Waals surface area (Å²) in [5, 5.41) is 10.8. The van der Waals surface area contributed by atoms with E-state index in [1.165, 1.54) is 0 Å². The molecule has 0 bridgehead atoms. The van der Waals surface area contributed by atoms with Crippen molar-refractivity contribution in [2.45, 2.75) is 4.90 Å². The van der Waals surface area contributed by atoms with Gasteiger partial charge in [-0.2, -0.15) is 0 Å². The standard InChI is InChI=1S/C7H8BrN3O4S/c8-3-4-10-16(14,15)6-1-2-7(9-5-6)11(12)13/h1-2,5,10H,3-4H2. The van der Waals surface area contributed by atoms with Gasteiger partial charge in [0.1, 0.15) is 4.90 Å². The molecule has 0 fully saturated rings. The molecule has 1 aromatic heterocycles. The number of sulfonamides is 1. The van der Waals surface area contributed by atoms with Crippen LogP contribution in [-0.2, 0) is 10.0 Å². The second-order valence-electron chi connectivity index (χ2n) is 2.70. The summed E-state index contributed by atoms with van der Waals surface area (Å²) >= 11 is 3.07. The second kappa shape index (κ2) is 5.32. The Morgan fingerprint density at radius 1 is 1.50 bits per heavy atom. The van der Waals surface area contributed by atoms with E-state index in [-0.39, 0.29) is 17.3 Å². The highest BCUT2D eigenvalue weighted by Gasteiger charge is 2.17. The van der Waals surface area contributed by atoms with Crippen LogP contribution in [0, 0.1) is 10.1 Å². The summed E-state index contributed by atoms with van der Waals surface area (Å²) in [7, 11) is -3.63. The van der Waals surface area contributed by atoms with Crippen molar-refractivity contribution in [3.8, 4) is 0 Å². The minimum absolute atomic E-state index is 0.0981. The summed E-state index contributed by atoms with van der Waals surface area (Å²) < 4.78 is 25.3. The van der Waals surface area contributed by atoms with Crippen molar-refractivity contribution in [2.24, 2.45) is 0 Å². The average Bonchev–Trinajstić information content (AvgIpc) is 2.26. The Bertz CT molecular complexity index is 473. The zero-order valence-corrected chi connectivity index (χ0v) is 10.4. The van der Waals surface area contributed by atoms with Crippen LogP contribution >= 0.6 is 15.9 Å². The van der Waals surface area contributed by atoms with Crippen molar-refractivity contribution in [1.82, 2.24) is 9.71 Å². The summed E-state index contributed by atoms with van der Waals surface area (Å²) in [6, 6.07) is 2.18. The van der Waals surface area contributed by atoms with E-state index in [1.54, 1.807) is 0 Å². The van der Waals surface area contributed by atoms with E-state index in [1.807, 2.05) is 0 Å². The third-order valence-corrected chi connectivity index (χ3v) is 3.45. The quantitative estimate of drug-likeness (QED) is 0.489. The number of halogens is 1. The van der Waals surface area contributed by atoms with Gasteiger partial charge in [-0.25, -0.2) is 13.1 Å². The third kappa shape index (κ3) is 3.22. The first-order valence-corrected chi connectivity index (χ1v) is 6.74. The molecule has 1 rings (SSSR count). The van der Waals surface area contributed by atoms with E-state index < -0.39 is 14.9 Å². The molecule has 1 aromatic rings. The number of pyridine rings is 1. The number of aromatic nitrogens is 1. The Balaban J connectivity index is 2.93. The number of alkyl halides is 1. The summed E-state index contributed by atoms with van der Waals surface area (Å²) in [6.45, 7) is 0.235. The topological polar surface area (TPSA) is 102 Å². The molecule has 0 aromatic carbocycles. The van der Waals surface area contributed by atoms with Gasteiger partial charge in [-0.05, 0) is 16.0 Å². The van der Waals surface area contributed by atoms with E-state index in [0.717, 1.165) is 18.3 Å². The van der Waals surface area contributed by atoms with Gasteiger partial charge in [-0.3, -0.25) is 0 Å². The van der Waals surface area contributed by atoms with E-state index in [4.69, 9.17) is 0 Å². The van der Waals surface area contributed by atoms with Crippen LogP contribution in [0.25, 0.3) is 0 Å².